The fourth-order valence-corrected chi connectivity index (χ4v) is 0.263. The average Bonchev–Trinajstić information content (AvgIpc) is 2.14. The van der Waals surface area contributed by atoms with Gasteiger partial charge in [0.25, 0.3) is 0 Å². The first-order valence-corrected chi connectivity index (χ1v) is 1.90. The van der Waals surface area contributed by atoms with Crippen LogP contribution in [-0.4, -0.2) is 15.5 Å². The SMILES string of the molecule is [NH3+]Cc1nnn[n-]1. The Morgan fingerprint density at radius 3 is 2.86 bits per heavy atom. The Hall–Kier alpha value is -0.970. The lowest BCUT2D eigenvalue weighted by Gasteiger charge is -1.82. The van der Waals surface area contributed by atoms with E-state index in [0.717, 1.165) is 0 Å². The van der Waals surface area contributed by atoms with Gasteiger partial charge in [-0.25, -0.2) is 0 Å². The quantitative estimate of drug-likeness (QED) is 0.424. The Bertz CT molecular complexity index is 121. The summed E-state index contributed by atoms with van der Waals surface area (Å²) in [5, 5.41) is 13.5. The predicted molar refractivity (Wildman–Crippen MR) is 19.7 cm³/mol. The Morgan fingerprint density at radius 1 is 1.71 bits per heavy atom. The number of hydrogen-bond donors (Lipinski definition) is 1. The molecule has 0 unspecified atom stereocenters. The molecule has 5 heteroatoms. The normalized spacial score (nSPS) is 9.29. The van der Waals surface area contributed by atoms with Crippen molar-refractivity contribution >= 4 is 0 Å². The van der Waals surface area contributed by atoms with Crippen LogP contribution in [0.25, 0.3) is 0 Å². The number of quaternary nitrogens is 1. The van der Waals surface area contributed by atoms with Crippen molar-refractivity contribution in [2.24, 2.45) is 0 Å². The van der Waals surface area contributed by atoms with Crippen LogP contribution < -0.4 is 10.8 Å². The maximum atomic E-state index is 3.52. The maximum Gasteiger partial charge on any atom is 0.106 e. The van der Waals surface area contributed by atoms with Crippen molar-refractivity contribution < 1.29 is 5.73 Å². The fraction of sp³-hybridized carbons (Fsp3) is 0.500. The second kappa shape index (κ2) is 1.65. The molecule has 38 valence electrons. The van der Waals surface area contributed by atoms with Crippen LogP contribution in [-0.2, 0) is 6.54 Å². The van der Waals surface area contributed by atoms with Gasteiger partial charge in [-0.05, 0) is 0 Å². The molecule has 3 N–H and O–H groups in total. The van der Waals surface area contributed by atoms with Crippen LogP contribution in [0.3, 0.4) is 0 Å². The predicted octanol–water partition coefficient (Wildman–Crippen LogP) is -2.43. The summed E-state index contributed by atoms with van der Waals surface area (Å²) in [5.74, 6) is 0.597. The first kappa shape index (κ1) is 4.20. The van der Waals surface area contributed by atoms with Crippen molar-refractivity contribution in [2.75, 3.05) is 0 Å². The molecule has 0 aromatic carbocycles. The zero-order valence-electron chi connectivity index (χ0n) is 3.70. The van der Waals surface area contributed by atoms with Crippen molar-refractivity contribution in [3.05, 3.63) is 5.82 Å². The molecule has 0 aliphatic rings. The van der Waals surface area contributed by atoms with Gasteiger partial charge in [0, 0.05) is 0 Å². The van der Waals surface area contributed by atoms with E-state index in [2.05, 4.69) is 26.4 Å². The Morgan fingerprint density at radius 2 is 2.57 bits per heavy atom. The van der Waals surface area contributed by atoms with E-state index in [1.807, 2.05) is 0 Å². The van der Waals surface area contributed by atoms with E-state index in [-0.39, 0.29) is 0 Å². The van der Waals surface area contributed by atoms with Crippen molar-refractivity contribution in [1.82, 2.24) is 20.6 Å². The summed E-state index contributed by atoms with van der Waals surface area (Å²) in [6, 6.07) is 0. The second-order valence-electron chi connectivity index (χ2n) is 1.05. The van der Waals surface area contributed by atoms with E-state index < -0.39 is 0 Å². The topological polar surface area (TPSA) is 80.4 Å². The summed E-state index contributed by atoms with van der Waals surface area (Å²) in [6.45, 7) is 0.562. The van der Waals surface area contributed by atoms with Gasteiger partial charge in [0.1, 0.15) is 6.54 Å². The third-order valence-corrected chi connectivity index (χ3v) is 0.584. The van der Waals surface area contributed by atoms with Crippen LogP contribution >= 0.6 is 0 Å². The molecular weight excluding hydrogens is 94.1 g/mol. The molecule has 1 aromatic heterocycles. The van der Waals surface area contributed by atoms with E-state index in [4.69, 9.17) is 0 Å². The highest BCUT2D eigenvalue weighted by Crippen LogP contribution is 1.69. The van der Waals surface area contributed by atoms with Crippen molar-refractivity contribution in [1.29, 1.82) is 0 Å². The third-order valence-electron chi connectivity index (χ3n) is 0.584. The number of nitrogens with zero attached hydrogens (tertiary/aromatic N) is 4. The molecule has 0 fully saturated rings. The van der Waals surface area contributed by atoms with Gasteiger partial charge in [0.05, 0.1) is 5.82 Å². The zero-order chi connectivity index (χ0) is 5.11. The van der Waals surface area contributed by atoms with Crippen LogP contribution in [0, 0.1) is 0 Å². The lowest BCUT2D eigenvalue weighted by atomic mass is 10.7. The highest BCUT2D eigenvalue weighted by molar-refractivity contribution is 4.66. The van der Waals surface area contributed by atoms with E-state index in [9.17, 15) is 0 Å². The second-order valence-corrected chi connectivity index (χ2v) is 1.05. The molecule has 5 nitrogen and oxygen atoms in total. The fourth-order valence-electron chi connectivity index (χ4n) is 0.263. The van der Waals surface area contributed by atoms with Crippen LogP contribution in [0.2, 0.25) is 0 Å². The van der Waals surface area contributed by atoms with Gasteiger partial charge in [0.15, 0.2) is 0 Å². The lowest BCUT2D eigenvalue weighted by molar-refractivity contribution is -0.388. The van der Waals surface area contributed by atoms with Gasteiger partial charge < -0.3 is 10.8 Å². The van der Waals surface area contributed by atoms with E-state index >= 15 is 0 Å². The summed E-state index contributed by atoms with van der Waals surface area (Å²) >= 11 is 0. The van der Waals surface area contributed by atoms with Crippen LogP contribution in [0.15, 0.2) is 0 Å². The van der Waals surface area contributed by atoms with Gasteiger partial charge in [-0.1, -0.05) is 0 Å². The molecule has 0 saturated carbocycles. The summed E-state index contributed by atoms with van der Waals surface area (Å²) in [7, 11) is 0. The zero-order valence-corrected chi connectivity index (χ0v) is 3.70. The van der Waals surface area contributed by atoms with Crippen molar-refractivity contribution in [3.8, 4) is 0 Å². The van der Waals surface area contributed by atoms with Crippen LogP contribution in [0.1, 0.15) is 5.82 Å². The Kier molecular flexibility index (Phi) is 0.991. The molecule has 1 aromatic rings. The molecule has 1 heterocycles. The number of aromatic nitrogens is 4. The van der Waals surface area contributed by atoms with Gasteiger partial charge in [-0.15, -0.1) is 0 Å². The Labute approximate surface area is 39.9 Å². The summed E-state index contributed by atoms with van der Waals surface area (Å²) in [5.41, 5.74) is 3.52. The molecular formula is C2H5N5. The minimum Gasteiger partial charge on any atom is -0.353 e. The van der Waals surface area contributed by atoms with Gasteiger partial charge >= 0.3 is 0 Å². The van der Waals surface area contributed by atoms with Crippen molar-refractivity contribution in [2.45, 2.75) is 6.54 Å². The molecule has 0 aliphatic carbocycles. The van der Waals surface area contributed by atoms with Crippen LogP contribution in [0.4, 0.5) is 0 Å². The minimum absolute atomic E-state index is 0.562. The molecule has 0 bridgehead atoms. The molecule has 0 aliphatic heterocycles. The smallest absolute Gasteiger partial charge is 0.106 e. The first-order chi connectivity index (χ1) is 3.43. The monoisotopic (exact) mass is 99.1 g/mol. The molecule has 0 amide bonds. The number of tetrazole rings is 1. The molecule has 7 heavy (non-hydrogen) atoms. The molecule has 0 radical (unpaired) electrons. The largest absolute Gasteiger partial charge is 0.353 e. The number of rotatable bonds is 1. The highest BCUT2D eigenvalue weighted by atomic mass is 15.5. The minimum atomic E-state index is 0.562. The van der Waals surface area contributed by atoms with E-state index in [1.165, 1.54) is 0 Å². The highest BCUT2D eigenvalue weighted by Gasteiger charge is 1.78. The summed E-state index contributed by atoms with van der Waals surface area (Å²) in [6.07, 6.45) is 0. The van der Waals surface area contributed by atoms with E-state index in [1.54, 1.807) is 0 Å². The average molecular weight is 99.1 g/mol. The van der Waals surface area contributed by atoms with Gasteiger partial charge in [-0.2, -0.15) is 5.21 Å². The molecule has 0 spiro atoms. The van der Waals surface area contributed by atoms with E-state index in [0.29, 0.717) is 12.4 Å². The first-order valence-electron chi connectivity index (χ1n) is 1.90. The summed E-state index contributed by atoms with van der Waals surface area (Å²) in [4.78, 5) is 0. The van der Waals surface area contributed by atoms with Crippen LogP contribution in [0.5, 0.6) is 0 Å². The standard InChI is InChI=1S/C2H4N5/c3-1-2-4-6-7-5-2/h1,3H2/q-1/p+1. The summed E-state index contributed by atoms with van der Waals surface area (Å²) < 4.78 is 0. The number of hydrogen-bond acceptors (Lipinski definition) is 3. The lowest BCUT2D eigenvalue weighted by Crippen LogP contribution is -2.48. The van der Waals surface area contributed by atoms with Gasteiger partial charge in [0.2, 0.25) is 0 Å². The third kappa shape index (κ3) is 0.716. The Balaban J connectivity index is 2.76. The molecule has 0 atom stereocenters. The maximum absolute atomic E-state index is 3.52. The van der Waals surface area contributed by atoms with Gasteiger partial charge in [-0.3, -0.25) is 10.3 Å². The molecule has 1 rings (SSSR count). The molecule has 0 saturated heterocycles. The van der Waals surface area contributed by atoms with Crippen molar-refractivity contribution in [3.63, 3.8) is 0 Å².